The van der Waals surface area contributed by atoms with Crippen molar-refractivity contribution in [1.29, 1.82) is 0 Å². The number of rotatable bonds is 3. The molecule has 1 heterocycles. The Hall–Kier alpha value is -2.25. The predicted octanol–water partition coefficient (Wildman–Crippen LogP) is 3.26. The van der Waals surface area contributed by atoms with Gasteiger partial charge in [0.05, 0.1) is 18.3 Å². The molecule has 0 bridgehead atoms. The minimum absolute atomic E-state index is 0.124. The van der Waals surface area contributed by atoms with E-state index in [2.05, 4.69) is 0 Å². The lowest BCUT2D eigenvalue weighted by atomic mass is 10.2. The second-order valence-corrected chi connectivity index (χ2v) is 7.06. The first-order valence-electron chi connectivity index (χ1n) is 6.50. The zero-order valence-corrected chi connectivity index (χ0v) is 13.5. The second kappa shape index (κ2) is 5.43. The molecule has 0 amide bonds. The summed E-state index contributed by atoms with van der Waals surface area (Å²) in [4.78, 5) is -0.226. The molecule has 8 heteroatoms. The molecule has 0 aliphatic rings. The van der Waals surface area contributed by atoms with Gasteiger partial charge in [-0.2, -0.15) is 0 Å². The first kappa shape index (κ1) is 15.6. The summed E-state index contributed by atoms with van der Waals surface area (Å²) in [5.41, 5.74) is 5.63. The molecule has 0 saturated carbocycles. The first-order chi connectivity index (χ1) is 10.8. The molecule has 0 atom stereocenters. The van der Waals surface area contributed by atoms with E-state index in [0.717, 1.165) is 16.1 Å². The van der Waals surface area contributed by atoms with Crippen molar-refractivity contribution < 1.29 is 17.5 Å². The second-order valence-electron chi connectivity index (χ2n) is 4.84. The Morgan fingerprint density at radius 2 is 1.96 bits per heavy atom. The van der Waals surface area contributed by atoms with E-state index in [9.17, 15) is 12.8 Å². The van der Waals surface area contributed by atoms with Gasteiger partial charge in [0.15, 0.2) is 0 Å². The fourth-order valence-corrected chi connectivity index (χ4v) is 3.99. The number of nitrogen functional groups attached to an aromatic ring is 1. The zero-order chi connectivity index (χ0) is 16.8. The van der Waals surface area contributed by atoms with Crippen LogP contribution in [-0.2, 0) is 10.0 Å². The molecule has 0 spiro atoms. The van der Waals surface area contributed by atoms with Gasteiger partial charge in [-0.25, -0.2) is 16.8 Å². The van der Waals surface area contributed by atoms with Gasteiger partial charge in [0.1, 0.15) is 16.5 Å². The predicted molar refractivity (Wildman–Crippen MR) is 86.9 cm³/mol. The van der Waals surface area contributed by atoms with E-state index in [1.54, 1.807) is 18.2 Å². The van der Waals surface area contributed by atoms with Crippen LogP contribution in [0.5, 0.6) is 5.75 Å². The number of hydrogen-bond acceptors (Lipinski definition) is 4. The average Bonchev–Trinajstić information content (AvgIpc) is 2.93. The minimum Gasteiger partial charge on any atom is -0.495 e. The van der Waals surface area contributed by atoms with E-state index >= 15 is 0 Å². The summed E-state index contributed by atoms with van der Waals surface area (Å²) in [6.07, 6.45) is 1.40. The molecule has 1 aromatic heterocycles. The molecule has 0 saturated heterocycles. The van der Waals surface area contributed by atoms with E-state index in [4.69, 9.17) is 22.1 Å². The number of anilines is 1. The third-order valence-electron chi connectivity index (χ3n) is 3.44. The maximum Gasteiger partial charge on any atom is 0.271 e. The fourth-order valence-electron chi connectivity index (χ4n) is 2.30. The lowest BCUT2D eigenvalue weighted by molar-refractivity contribution is 0.399. The van der Waals surface area contributed by atoms with Crippen molar-refractivity contribution in [3.63, 3.8) is 0 Å². The highest BCUT2D eigenvalue weighted by molar-refractivity contribution is 7.90. The van der Waals surface area contributed by atoms with Crippen LogP contribution in [0.25, 0.3) is 10.9 Å². The van der Waals surface area contributed by atoms with Crippen molar-refractivity contribution in [3.05, 3.63) is 53.4 Å². The highest BCUT2D eigenvalue weighted by atomic mass is 35.5. The van der Waals surface area contributed by atoms with Gasteiger partial charge >= 0.3 is 0 Å². The smallest absolute Gasteiger partial charge is 0.271 e. The first-order valence-corrected chi connectivity index (χ1v) is 8.31. The van der Waals surface area contributed by atoms with Crippen molar-refractivity contribution >= 4 is 38.2 Å². The number of benzene rings is 2. The normalized spacial score (nSPS) is 11.8. The molecular weight excluding hydrogens is 343 g/mol. The molecule has 0 radical (unpaired) electrons. The molecule has 3 aromatic rings. The number of hydrogen-bond donors (Lipinski definition) is 1. The summed E-state index contributed by atoms with van der Waals surface area (Å²) in [7, 11) is -2.78. The molecule has 0 aliphatic carbocycles. The lowest BCUT2D eigenvalue weighted by Gasteiger charge is -2.13. The summed E-state index contributed by atoms with van der Waals surface area (Å²) < 4.78 is 45.5. The largest absolute Gasteiger partial charge is 0.495 e. The van der Waals surface area contributed by atoms with Gasteiger partial charge in [0, 0.05) is 22.7 Å². The zero-order valence-electron chi connectivity index (χ0n) is 12.0. The van der Waals surface area contributed by atoms with Gasteiger partial charge in [0.25, 0.3) is 10.0 Å². The number of fused-ring (bicyclic) bond motifs is 1. The summed E-state index contributed by atoms with van der Waals surface area (Å²) in [6.45, 7) is 0. The van der Waals surface area contributed by atoms with Crippen molar-refractivity contribution in [2.24, 2.45) is 0 Å². The van der Waals surface area contributed by atoms with Crippen LogP contribution in [0.1, 0.15) is 0 Å². The Kier molecular flexibility index (Phi) is 3.69. The van der Waals surface area contributed by atoms with Gasteiger partial charge < -0.3 is 10.5 Å². The monoisotopic (exact) mass is 354 g/mol. The molecule has 0 aliphatic heterocycles. The van der Waals surface area contributed by atoms with Crippen molar-refractivity contribution in [1.82, 2.24) is 3.97 Å². The Morgan fingerprint density at radius 3 is 2.65 bits per heavy atom. The summed E-state index contributed by atoms with van der Waals surface area (Å²) in [5.74, 6) is -0.873. The van der Waals surface area contributed by atoms with E-state index in [-0.39, 0.29) is 16.3 Å². The number of nitrogens with two attached hydrogens (primary N) is 1. The number of ether oxygens (including phenoxy) is 1. The van der Waals surface area contributed by atoms with Gasteiger partial charge in [-0.15, -0.1) is 0 Å². The molecule has 120 valence electrons. The SMILES string of the molecule is COc1cc(F)c(N)cc1S(=O)(=O)n1ccc2ccc(Cl)cc21. The van der Waals surface area contributed by atoms with Crippen LogP contribution < -0.4 is 10.5 Å². The third kappa shape index (κ3) is 2.51. The van der Waals surface area contributed by atoms with Gasteiger partial charge in [0.2, 0.25) is 0 Å². The summed E-state index contributed by atoms with van der Waals surface area (Å²) in [6, 6.07) is 8.54. The molecule has 0 unspecified atom stereocenters. The van der Waals surface area contributed by atoms with Crippen LogP contribution >= 0.6 is 11.6 Å². The fraction of sp³-hybridized carbons (Fsp3) is 0.0667. The number of aromatic nitrogens is 1. The third-order valence-corrected chi connectivity index (χ3v) is 5.39. The Labute approximate surface area is 137 Å². The Bertz CT molecular complexity index is 1010. The standard InChI is InChI=1S/C15H12ClFN2O3S/c1-22-14-7-11(17)12(18)8-15(14)23(20,21)19-5-4-9-2-3-10(16)6-13(9)19/h2-8H,18H2,1H3. The maximum atomic E-state index is 13.6. The molecule has 0 fully saturated rings. The van der Waals surface area contributed by atoms with E-state index < -0.39 is 15.8 Å². The number of nitrogens with zero attached hydrogens (tertiary/aromatic N) is 1. The average molecular weight is 355 g/mol. The van der Waals surface area contributed by atoms with Gasteiger partial charge in [-0.05, 0) is 24.3 Å². The van der Waals surface area contributed by atoms with Crippen LogP contribution in [0.15, 0.2) is 47.5 Å². The van der Waals surface area contributed by atoms with Crippen LogP contribution in [-0.4, -0.2) is 19.5 Å². The van der Waals surface area contributed by atoms with Crippen LogP contribution in [0.3, 0.4) is 0 Å². The van der Waals surface area contributed by atoms with Gasteiger partial charge in [-0.1, -0.05) is 17.7 Å². The minimum atomic E-state index is -4.03. The maximum absolute atomic E-state index is 13.6. The van der Waals surface area contributed by atoms with Crippen molar-refractivity contribution in [3.8, 4) is 5.75 Å². The topological polar surface area (TPSA) is 74.3 Å². The number of halogens is 2. The molecule has 5 nitrogen and oxygen atoms in total. The Balaban J connectivity index is 2.30. The van der Waals surface area contributed by atoms with E-state index in [0.29, 0.717) is 15.9 Å². The van der Waals surface area contributed by atoms with E-state index in [1.807, 2.05) is 0 Å². The molecule has 2 aromatic carbocycles. The van der Waals surface area contributed by atoms with Crippen LogP contribution in [0.2, 0.25) is 5.02 Å². The Morgan fingerprint density at radius 1 is 1.22 bits per heavy atom. The summed E-state index contributed by atoms with van der Waals surface area (Å²) in [5, 5.41) is 1.10. The number of methoxy groups -OCH3 is 1. The molecule has 23 heavy (non-hydrogen) atoms. The molecular formula is C15H12ClFN2O3S. The lowest BCUT2D eigenvalue weighted by Crippen LogP contribution is -2.14. The summed E-state index contributed by atoms with van der Waals surface area (Å²) >= 11 is 5.95. The van der Waals surface area contributed by atoms with E-state index in [1.165, 1.54) is 19.4 Å². The van der Waals surface area contributed by atoms with Crippen molar-refractivity contribution in [2.45, 2.75) is 4.90 Å². The molecule has 2 N–H and O–H groups in total. The molecule has 3 rings (SSSR count). The highest BCUT2D eigenvalue weighted by Crippen LogP contribution is 2.32. The van der Waals surface area contributed by atoms with Crippen molar-refractivity contribution in [2.75, 3.05) is 12.8 Å². The quantitative estimate of drug-likeness (QED) is 0.732. The van der Waals surface area contributed by atoms with Gasteiger partial charge in [-0.3, -0.25) is 0 Å². The van der Waals surface area contributed by atoms with Crippen LogP contribution in [0, 0.1) is 5.82 Å². The van der Waals surface area contributed by atoms with Crippen LogP contribution in [0.4, 0.5) is 10.1 Å². The highest BCUT2D eigenvalue weighted by Gasteiger charge is 2.25.